The van der Waals surface area contributed by atoms with Crippen molar-refractivity contribution >= 4 is 11.8 Å². The third-order valence-electron chi connectivity index (χ3n) is 2.26. The van der Waals surface area contributed by atoms with E-state index in [0.29, 0.717) is 0 Å². The van der Waals surface area contributed by atoms with Crippen molar-refractivity contribution in [2.45, 2.75) is 32.1 Å². The van der Waals surface area contributed by atoms with Crippen molar-refractivity contribution in [2.24, 2.45) is 0 Å². The third kappa shape index (κ3) is 5.57. The quantitative estimate of drug-likeness (QED) is 0.660. The first kappa shape index (κ1) is 13.6. The predicted octanol–water partition coefficient (Wildman–Crippen LogP) is 3.94. The standard InChI is InChI=1S/C14H22NS/c1-4-5-9-16-12-14-8-6-7-13(10-14)11-15(2)3/h6-10H,4-5,11-12H2,1-3H3. The highest BCUT2D eigenvalue weighted by atomic mass is 32.2. The summed E-state index contributed by atoms with van der Waals surface area (Å²) < 4.78 is 0. The minimum absolute atomic E-state index is 1.02. The molecule has 0 saturated heterocycles. The molecule has 0 aliphatic heterocycles. The van der Waals surface area contributed by atoms with E-state index in [9.17, 15) is 0 Å². The van der Waals surface area contributed by atoms with Crippen molar-refractivity contribution in [3.8, 4) is 0 Å². The minimum atomic E-state index is 1.02. The van der Waals surface area contributed by atoms with Crippen LogP contribution in [0.25, 0.3) is 0 Å². The molecule has 0 saturated carbocycles. The van der Waals surface area contributed by atoms with E-state index in [4.69, 9.17) is 0 Å². The molecule has 1 radical (unpaired) electrons. The van der Waals surface area contributed by atoms with Gasteiger partial charge in [-0.2, -0.15) is 11.8 Å². The third-order valence-corrected chi connectivity index (χ3v) is 3.24. The summed E-state index contributed by atoms with van der Waals surface area (Å²) in [6.07, 6.45) is 2.45. The van der Waals surface area contributed by atoms with Crippen LogP contribution in [0.4, 0.5) is 0 Å². The molecule has 1 nitrogen and oxygen atoms in total. The normalized spacial score (nSPS) is 11.0. The van der Waals surface area contributed by atoms with Crippen LogP contribution < -0.4 is 0 Å². The number of hydrogen-bond acceptors (Lipinski definition) is 2. The molecule has 0 bridgehead atoms. The lowest BCUT2D eigenvalue weighted by molar-refractivity contribution is 0.402. The van der Waals surface area contributed by atoms with Crippen LogP contribution in [-0.4, -0.2) is 19.0 Å². The Hall–Kier alpha value is -0.470. The zero-order valence-corrected chi connectivity index (χ0v) is 11.4. The molecule has 0 aliphatic rings. The number of nitrogens with zero attached hydrogens (tertiary/aromatic N) is 1. The molecule has 0 unspecified atom stereocenters. The van der Waals surface area contributed by atoms with Gasteiger partial charge in [0.05, 0.1) is 0 Å². The Bertz CT molecular complexity index is 297. The van der Waals surface area contributed by atoms with E-state index >= 15 is 0 Å². The van der Waals surface area contributed by atoms with Gasteiger partial charge in [0.15, 0.2) is 0 Å². The van der Waals surface area contributed by atoms with Crippen LogP contribution in [0, 0.1) is 5.75 Å². The van der Waals surface area contributed by atoms with Gasteiger partial charge >= 0.3 is 0 Å². The SMILES string of the molecule is CCC[CH]SCc1cccc(CN(C)C)c1. The van der Waals surface area contributed by atoms with Crippen LogP contribution >= 0.6 is 11.8 Å². The van der Waals surface area contributed by atoms with Gasteiger partial charge in [-0.3, -0.25) is 0 Å². The molecular formula is C14H22NS. The van der Waals surface area contributed by atoms with E-state index in [1.165, 1.54) is 24.0 Å². The second-order valence-corrected chi connectivity index (χ2v) is 5.28. The molecule has 1 aromatic rings. The summed E-state index contributed by atoms with van der Waals surface area (Å²) in [4.78, 5) is 2.20. The number of hydrogen-bond donors (Lipinski definition) is 0. The van der Waals surface area contributed by atoms with Crippen LogP contribution in [-0.2, 0) is 12.3 Å². The Morgan fingerprint density at radius 1 is 1.25 bits per heavy atom. The number of rotatable bonds is 7. The van der Waals surface area contributed by atoms with Crippen LogP contribution in [0.3, 0.4) is 0 Å². The van der Waals surface area contributed by atoms with Crippen molar-refractivity contribution < 1.29 is 0 Å². The van der Waals surface area contributed by atoms with E-state index in [2.05, 4.69) is 55.9 Å². The summed E-state index contributed by atoms with van der Waals surface area (Å²) in [5.74, 6) is 3.42. The van der Waals surface area contributed by atoms with E-state index < -0.39 is 0 Å². The van der Waals surface area contributed by atoms with Gasteiger partial charge in [-0.25, -0.2) is 0 Å². The molecule has 0 heterocycles. The molecular weight excluding hydrogens is 214 g/mol. The Balaban J connectivity index is 2.41. The van der Waals surface area contributed by atoms with Crippen LogP contribution in [0.15, 0.2) is 24.3 Å². The predicted molar refractivity (Wildman–Crippen MR) is 74.3 cm³/mol. The smallest absolute Gasteiger partial charge is 0.0227 e. The van der Waals surface area contributed by atoms with E-state index in [1.54, 1.807) is 0 Å². The molecule has 16 heavy (non-hydrogen) atoms. The molecule has 0 N–H and O–H groups in total. The molecule has 89 valence electrons. The second kappa shape index (κ2) is 7.75. The summed E-state index contributed by atoms with van der Waals surface area (Å²) in [5.41, 5.74) is 2.83. The van der Waals surface area contributed by atoms with Gasteiger partial charge in [0.1, 0.15) is 0 Å². The zero-order chi connectivity index (χ0) is 11.8. The molecule has 0 amide bonds. The van der Waals surface area contributed by atoms with Gasteiger partial charge in [0.25, 0.3) is 0 Å². The van der Waals surface area contributed by atoms with Crippen LogP contribution in [0.1, 0.15) is 30.9 Å². The Morgan fingerprint density at radius 2 is 2.00 bits per heavy atom. The van der Waals surface area contributed by atoms with Crippen LogP contribution in [0.5, 0.6) is 0 Å². The first-order chi connectivity index (χ1) is 7.72. The Labute approximate surface area is 104 Å². The summed E-state index contributed by atoms with van der Waals surface area (Å²) in [5, 5.41) is 0. The number of benzene rings is 1. The van der Waals surface area contributed by atoms with E-state index in [1.807, 2.05) is 11.8 Å². The number of unbranched alkanes of at least 4 members (excludes halogenated alkanes) is 1. The van der Waals surface area contributed by atoms with Crippen LogP contribution in [0.2, 0.25) is 0 Å². The number of thioether (sulfide) groups is 1. The molecule has 1 rings (SSSR count). The van der Waals surface area contributed by atoms with Gasteiger partial charge < -0.3 is 4.90 Å². The Morgan fingerprint density at radius 3 is 2.69 bits per heavy atom. The van der Waals surface area contributed by atoms with Gasteiger partial charge in [-0.15, -0.1) is 0 Å². The fourth-order valence-electron chi connectivity index (χ4n) is 1.54. The van der Waals surface area contributed by atoms with E-state index in [-0.39, 0.29) is 0 Å². The topological polar surface area (TPSA) is 3.24 Å². The van der Waals surface area contributed by atoms with E-state index in [0.717, 1.165) is 12.3 Å². The molecule has 0 aliphatic carbocycles. The lowest BCUT2D eigenvalue weighted by Crippen LogP contribution is -2.10. The van der Waals surface area contributed by atoms with Crippen molar-refractivity contribution in [3.63, 3.8) is 0 Å². The van der Waals surface area contributed by atoms with Crippen molar-refractivity contribution in [2.75, 3.05) is 14.1 Å². The first-order valence-corrected chi connectivity index (χ1v) is 6.93. The van der Waals surface area contributed by atoms with Gasteiger partial charge in [-0.1, -0.05) is 37.6 Å². The largest absolute Gasteiger partial charge is 0.305 e. The summed E-state index contributed by atoms with van der Waals surface area (Å²) in [6, 6.07) is 8.89. The summed E-state index contributed by atoms with van der Waals surface area (Å²) in [7, 11) is 4.22. The zero-order valence-electron chi connectivity index (χ0n) is 10.6. The van der Waals surface area contributed by atoms with Crippen molar-refractivity contribution in [3.05, 3.63) is 41.1 Å². The fraction of sp³-hybridized carbons (Fsp3) is 0.500. The molecule has 1 aromatic carbocycles. The maximum atomic E-state index is 2.32. The van der Waals surface area contributed by atoms with Gasteiger partial charge in [0.2, 0.25) is 0 Å². The minimum Gasteiger partial charge on any atom is -0.305 e. The Kier molecular flexibility index (Phi) is 6.58. The van der Waals surface area contributed by atoms with Gasteiger partial charge in [0, 0.05) is 18.1 Å². The lowest BCUT2D eigenvalue weighted by atomic mass is 10.1. The highest BCUT2D eigenvalue weighted by Crippen LogP contribution is 2.18. The maximum absolute atomic E-state index is 2.32. The average Bonchev–Trinajstić information content (AvgIpc) is 2.24. The molecule has 0 spiro atoms. The molecule has 0 atom stereocenters. The molecule has 0 fully saturated rings. The highest BCUT2D eigenvalue weighted by Gasteiger charge is 1.98. The first-order valence-electron chi connectivity index (χ1n) is 5.88. The van der Waals surface area contributed by atoms with Crippen molar-refractivity contribution in [1.82, 2.24) is 4.90 Å². The fourth-order valence-corrected chi connectivity index (χ4v) is 2.43. The van der Waals surface area contributed by atoms with Crippen molar-refractivity contribution in [1.29, 1.82) is 0 Å². The molecule has 0 aromatic heterocycles. The summed E-state index contributed by atoms with van der Waals surface area (Å²) >= 11 is 1.92. The average molecular weight is 236 g/mol. The maximum Gasteiger partial charge on any atom is 0.0227 e. The monoisotopic (exact) mass is 236 g/mol. The highest BCUT2D eigenvalue weighted by molar-refractivity contribution is 8.00. The molecule has 2 heteroatoms. The second-order valence-electron chi connectivity index (χ2n) is 4.32. The van der Waals surface area contributed by atoms with Gasteiger partial charge in [-0.05, 0) is 31.6 Å². The lowest BCUT2D eigenvalue weighted by Gasteiger charge is -2.10. The summed E-state index contributed by atoms with van der Waals surface area (Å²) in [6.45, 7) is 3.24.